The van der Waals surface area contributed by atoms with Crippen molar-refractivity contribution in [3.63, 3.8) is 0 Å². The van der Waals surface area contributed by atoms with E-state index in [4.69, 9.17) is 9.15 Å². The molecule has 0 amide bonds. The van der Waals surface area contributed by atoms with Crippen molar-refractivity contribution in [1.82, 2.24) is 0 Å². The number of carbonyl (C=O) groups is 1. The Balaban J connectivity index is 1.74. The van der Waals surface area contributed by atoms with Gasteiger partial charge in [0.25, 0.3) is 0 Å². The zero-order chi connectivity index (χ0) is 17.9. The summed E-state index contributed by atoms with van der Waals surface area (Å²) in [6, 6.07) is 12.6. The van der Waals surface area contributed by atoms with Crippen LogP contribution in [0.3, 0.4) is 0 Å². The molecule has 0 unspecified atom stereocenters. The van der Waals surface area contributed by atoms with Crippen LogP contribution in [-0.2, 0) is 14.6 Å². The molecular formula is C19H20O5S. The van der Waals surface area contributed by atoms with Crippen molar-refractivity contribution in [3.05, 3.63) is 42.5 Å². The lowest BCUT2D eigenvalue weighted by molar-refractivity contribution is -0.131. The molecule has 1 heterocycles. The number of hydrogen-bond acceptors (Lipinski definition) is 5. The fourth-order valence-electron chi connectivity index (χ4n) is 2.75. The molecule has 0 atom stereocenters. The van der Waals surface area contributed by atoms with Crippen molar-refractivity contribution in [3.8, 4) is 5.75 Å². The molecule has 3 aromatic rings. The zero-order valence-corrected chi connectivity index (χ0v) is 14.8. The Morgan fingerprint density at radius 2 is 1.80 bits per heavy atom. The van der Waals surface area contributed by atoms with Crippen LogP contribution < -0.4 is 4.74 Å². The van der Waals surface area contributed by atoms with E-state index in [9.17, 15) is 13.2 Å². The molecule has 0 saturated carbocycles. The van der Waals surface area contributed by atoms with Crippen LogP contribution in [0, 0.1) is 0 Å². The molecular weight excluding hydrogens is 340 g/mol. The quantitative estimate of drug-likeness (QED) is 0.360. The molecule has 3 rings (SSSR count). The number of para-hydroxylation sites is 1. The van der Waals surface area contributed by atoms with Gasteiger partial charge in [-0.05, 0) is 30.7 Å². The molecule has 0 saturated heterocycles. The van der Waals surface area contributed by atoms with Crippen LogP contribution in [-0.4, -0.2) is 25.9 Å². The molecule has 0 fully saturated rings. The number of rotatable bonds is 7. The number of sulfone groups is 1. The molecule has 0 radical (unpaired) electrons. The maximum atomic E-state index is 12.0. The van der Waals surface area contributed by atoms with Gasteiger partial charge in [-0.25, -0.2) is 8.42 Å². The fraction of sp³-hybridized carbons (Fsp3) is 0.316. The largest absolute Gasteiger partial charge is 0.456 e. The third-order valence-corrected chi connectivity index (χ3v) is 5.56. The number of hydrogen-bond donors (Lipinski definition) is 0. The molecule has 2 aromatic carbocycles. The summed E-state index contributed by atoms with van der Waals surface area (Å²) in [5, 5.41) is 1.74. The van der Waals surface area contributed by atoms with Crippen LogP contribution in [0.4, 0.5) is 0 Å². The molecule has 6 heteroatoms. The van der Waals surface area contributed by atoms with E-state index < -0.39 is 21.6 Å². The van der Waals surface area contributed by atoms with E-state index in [-0.39, 0.29) is 5.75 Å². The van der Waals surface area contributed by atoms with E-state index in [0.29, 0.717) is 17.8 Å². The monoisotopic (exact) mass is 360 g/mol. The highest BCUT2D eigenvalue weighted by molar-refractivity contribution is 7.92. The highest BCUT2D eigenvalue weighted by Crippen LogP contribution is 2.31. The highest BCUT2D eigenvalue weighted by Gasteiger charge is 2.18. The lowest BCUT2D eigenvalue weighted by atomic mass is 10.1. The van der Waals surface area contributed by atoms with Gasteiger partial charge >= 0.3 is 5.97 Å². The molecule has 0 bridgehead atoms. The minimum absolute atomic E-state index is 0.0152. The van der Waals surface area contributed by atoms with Gasteiger partial charge in [-0.15, -0.1) is 0 Å². The molecule has 0 N–H and O–H groups in total. The van der Waals surface area contributed by atoms with Gasteiger partial charge in [0.1, 0.15) is 22.7 Å². The van der Waals surface area contributed by atoms with Crippen molar-refractivity contribution in [2.45, 2.75) is 26.2 Å². The van der Waals surface area contributed by atoms with Crippen LogP contribution in [0.25, 0.3) is 21.9 Å². The Labute approximate surface area is 146 Å². The second kappa shape index (κ2) is 7.27. The minimum Gasteiger partial charge on any atom is -0.456 e. The molecule has 1 aromatic heterocycles. The number of ether oxygens (including phenoxy) is 1. The van der Waals surface area contributed by atoms with Crippen LogP contribution in [0.15, 0.2) is 46.9 Å². The average Bonchev–Trinajstić information content (AvgIpc) is 2.92. The molecule has 25 heavy (non-hydrogen) atoms. The first kappa shape index (κ1) is 17.5. The van der Waals surface area contributed by atoms with Crippen molar-refractivity contribution < 1.29 is 22.4 Å². The molecule has 5 nitrogen and oxygen atoms in total. The number of esters is 1. The fourth-order valence-corrected chi connectivity index (χ4v) is 3.96. The SMILES string of the molecule is CCCCCS(=O)(=O)CC(=O)Oc1ccc2oc3ccccc3c2c1. The standard InChI is InChI=1S/C19H20O5S/c1-2-3-6-11-25(21,22)13-19(20)23-14-9-10-18-16(12-14)15-7-4-5-8-17(15)24-18/h4-5,7-10,12H,2-3,6,11,13H2,1H3. The van der Waals surface area contributed by atoms with Gasteiger partial charge in [-0.1, -0.05) is 38.0 Å². The van der Waals surface area contributed by atoms with E-state index >= 15 is 0 Å². The second-order valence-electron chi connectivity index (χ2n) is 6.03. The smallest absolute Gasteiger partial charge is 0.326 e. The number of furan rings is 1. The predicted molar refractivity (Wildman–Crippen MR) is 97.5 cm³/mol. The van der Waals surface area contributed by atoms with Crippen LogP contribution >= 0.6 is 0 Å². The summed E-state index contributed by atoms with van der Waals surface area (Å²) in [4.78, 5) is 12.0. The van der Waals surface area contributed by atoms with Crippen LogP contribution in [0.5, 0.6) is 5.75 Å². The Kier molecular flexibility index (Phi) is 5.08. The minimum atomic E-state index is -3.43. The Bertz CT molecular complexity index is 1000. The van der Waals surface area contributed by atoms with Gasteiger partial charge in [0.05, 0.1) is 5.75 Å². The molecule has 0 spiro atoms. The zero-order valence-electron chi connectivity index (χ0n) is 14.0. The van der Waals surface area contributed by atoms with Crippen LogP contribution in [0.2, 0.25) is 0 Å². The van der Waals surface area contributed by atoms with Gasteiger partial charge in [0.2, 0.25) is 0 Å². The summed E-state index contributed by atoms with van der Waals surface area (Å²) < 4.78 is 34.8. The van der Waals surface area contributed by atoms with Gasteiger partial charge in [-0.3, -0.25) is 4.79 Å². The van der Waals surface area contributed by atoms with E-state index in [1.54, 1.807) is 18.2 Å². The molecule has 0 aliphatic rings. The normalized spacial score (nSPS) is 11.9. The third-order valence-electron chi connectivity index (χ3n) is 3.98. The molecule has 0 aliphatic carbocycles. The summed E-state index contributed by atoms with van der Waals surface area (Å²) >= 11 is 0. The Morgan fingerprint density at radius 3 is 2.60 bits per heavy atom. The van der Waals surface area contributed by atoms with Crippen molar-refractivity contribution in [1.29, 1.82) is 0 Å². The van der Waals surface area contributed by atoms with Crippen LogP contribution in [0.1, 0.15) is 26.2 Å². The summed E-state index contributed by atoms with van der Waals surface area (Å²) in [7, 11) is -3.43. The van der Waals surface area contributed by atoms with Crippen molar-refractivity contribution >= 4 is 37.7 Å². The van der Waals surface area contributed by atoms with Gasteiger partial charge < -0.3 is 9.15 Å². The Morgan fingerprint density at radius 1 is 1.04 bits per heavy atom. The molecule has 0 aliphatic heterocycles. The summed E-state index contributed by atoms with van der Waals surface area (Å²) in [5.41, 5.74) is 1.44. The van der Waals surface area contributed by atoms with E-state index in [1.807, 2.05) is 31.2 Å². The average molecular weight is 360 g/mol. The second-order valence-corrected chi connectivity index (χ2v) is 8.21. The number of carbonyl (C=O) groups excluding carboxylic acids is 1. The van der Waals surface area contributed by atoms with Crippen molar-refractivity contribution in [2.75, 3.05) is 11.5 Å². The summed E-state index contributed by atoms with van der Waals surface area (Å²) in [5.74, 6) is -1.03. The lowest BCUT2D eigenvalue weighted by Gasteiger charge is -2.05. The predicted octanol–water partition coefficient (Wildman–Crippen LogP) is 4.10. The van der Waals surface area contributed by atoms with Gasteiger partial charge in [-0.2, -0.15) is 0 Å². The third kappa shape index (κ3) is 4.20. The number of unbranched alkanes of at least 4 members (excludes halogenated alkanes) is 2. The Hall–Kier alpha value is -2.34. The first-order valence-electron chi connectivity index (χ1n) is 8.31. The number of benzene rings is 2. The van der Waals surface area contributed by atoms with E-state index in [2.05, 4.69) is 0 Å². The summed E-state index contributed by atoms with van der Waals surface area (Å²) in [6.45, 7) is 2.00. The number of fused-ring (bicyclic) bond motifs is 3. The summed E-state index contributed by atoms with van der Waals surface area (Å²) in [6.07, 6.45) is 2.33. The van der Waals surface area contributed by atoms with E-state index in [1.165, 1.54) is 0 Å². The highest BCUT2D eigenvalue weighted by atomic mass is 32.2. The van der Waals surface area contributed by atoms with Gasteiger partial charge in [0.15, 0.2) is 9.84 Å². The first-order valence-corrected chi connectivity index (χ1v) is 10.1. The van der Waals surface area contributed by atoms with Crippen molar-refractivity contribution in [2.24, 2.45) is 0 Å². The lowest BCUT2D eigenvalue weighted by Crippen LogP contribution is -2.23. The van der Waals surface area contributed by atoms with Gasteiger partial charge in [0, 0.05) is 10.8 Å². The maximum Gasteiger partial charge on any atom is 0.326 e. The first-order chi connectivity index (χ1) is 12.0. The van der Waals surface area contributed by atoms with E-state index in [0.717, 1.165) is 29.2 Å². The topological polar surface area (TPSA) is 73.6 Å². The maximum absolute atomic E-state index is 12.0. The molecule has 132 valence electrons.